The van der Waals surface area contributed by atoms with Crippen LogP contribution in [0, 0.1) is 0 Å². The van der Waals surface area contributed by atoms with Crippen LogP contribution in [0.2, 0.25) is 0 Å². The topological polar surface area (TPSA) is 51.8 Å². The molecule has 0 aliphatic rings. The third kappa shape index (κ3) is 3.00. The van der Waals surface area contributed by atoms with Gasteiger partial charge in [-0.05, 0) is 54.1 Å². The number of aliphatic imine (C=N–C) groups is 1. The van der Waals surface area contributed by atoms with Crippen LogP contribution in [-0.4, -0.2) is 13.3 Å². The van der Waals surface area contributed by atoms with E-state index in [9.17, 15) is 4.79 Å². The van der Waals surface area contributed by atoms with Crippen molar-refractivity contribution >= 4 is 22.9 Å². The lowest BCUT2D eigenvalue weighted by Gasteiger charge is -2.00. The number of hydrogen-bond acceptors (Lipinski definition) is 4. The third-order valence-electron chi connectivity index (χ3n) is 3.08. The van der Waals surface area contributed by atoms with Crippen molar-refractivity contribution in [3.63, 3.8) is 0 Å². The van der Waals surface area contributed by atoms with Gasteiger partial charge in [-0.25, -0.2) is 4.79 Å². The molecule has 0 spiro atoms. The summed E-state index contributed by atoms with van der Waals surface area (Å²) < 4.78 is 10.2. The summed E-state index contributed by atoms with van der Waals surface area (Å²) in [5, 5.41) is 0.846. The normalized spacial score (nSPS) is 11.1. The quantitative estimate of drug-likeness (QED) is 0.544. The van der Waals surface area contributed by atoms with Crippen molar-refractivity contribution in [2.24, 2.45) is 4.99 Å². The number of fused-ring (bicyclic) bond motifs is 1. The van der Waals surface area contributed by atoms with E-state index in [1.165, 1.54) is 6.07 Å². The van der Waals surface area contributed by atoms with Crippen molar-refractivity contribution in [1.29, 1.82) is 0 Å². The predicted octanol–water partition coefficient (Wildman–Crippen LogP) is 3.55. The molecule has 1 aromatic heterocycles. The monoisotopic (exact) mass is 279 g/mol. The fourth-order valence-corrected chi connectivity index (χ4v) is 1.98. The molecule has 0 unspecified atom stereocenters. The number of hydrogen-bond donors (Lipinski definition) is 0. The Morgan fingerprint density at radius 2 is 1.86 bits per heavy atom. The Kier molecular flexibility index (Phi) is 3.51. The van der Waals surface area contributed by atoms with E-state index in [-0.39, 0.29) is 5.63 Å². The molecule has 3 aromatic rings. The summed E-state index contributed by atoms with van der Waals surface area (Å²) in [6.45, 7) is 0. The molecule has 0 saturated heterocycles. The Bertz CT molecular complexity index is 848. The molecule has 0 fully saturated rings. The van der Waals surface area contributed by atoms with Crippen LogP contribution in [0.1, 0.15) is 5.56 Å². The summed E-state index contributed by atoms with van der Waals surface area (Å²) in [6, 6.07) is 16.2. The average molecular weight is 279 g/mol. The number of nitrogens with zero attached hydrogens (tertiary/aromatic N) is 1. The van der Waals surface area contributed by atoms with E-state index in [4.69, 9.17) is 9.15 Å². The first kappa shape index (κ1) is 13.1. The molecule has 2 aromatic carbocycles. The van der Waals surface area contributed by atoms with Gasteiger partial charge in [-0.1, -0.05) is 0 Å². The molecule has 3 rings (SSSR count). The minimum absolute atomic E-state index is 0.350. The highest BCUT2D eigenvalue weighted by molar-refractivity contribution is 5.85. The predicted molar refractivity (Wildman–Crippen MR) is 82.7 cm³/mol. The molecule has 4 nitrogen and oxygen atoms in total. The fraction of sp³-hybridized carbons (Fsp3) is 0.0588. The van der Waals surface area contributed by atoms with Gasteiger partial charge >= 0.3 is 5.63 Å². The molecule has 0 aliphatic carbocycles. The van der Waals surface area contributed by atoms with E-state index in [0.717, 1.165) is 22.4 Å². The van der Waals surface area contributed by atoms with Gasteiger partial charge in [-0.15, -0.1) is 0 Å². The largest absolute Gasteiger partial charge is 0.497 e. The van der Waals surface area contributed by atoms with E-state index in [0.29, 0.717) is 5.58 Å². The first-order chi connectivity index (χ1) is 10.2. The molecule has 104 valence electrons. The molecular formula is C17H13NO3. The Morgan fingerprint density at radius 3 is 2.62 bits per heavy atom. The second-order valence-electron chi connectivity index (χ2n) is 4.51. The number of methoxy groups -OCH3 is 1. The fourth-order valence-electron chi connectivity index (χ4n) is 1.98. The molecule has 0 bridgehead atoms. The maximum atomic E-state index is 11.1. The van der Waals surface area contributed by atoms with E-state index in [1.807, 2.05) is 36.4 Å². The summed E-state index contributed by atoms with van der Waals surface area (Å²) in [5.74, 6) is 0.813. The van der Waals surface area contributed by atoms with E-state index < -0.39 is 0 Å². The summed E-state index contributed by atoms with van der Waals surface area (Å²) in [7, 11) is 1.64. The van der Waals surface area contributed by atoms with Crippen molar-refractivity contribution in [3.8, 4) is 5.75 Å². The van der Waals surface area contributed by atoms with Crippen LogP contribution in [-0.2, 0) is 0 Å². The minimum Gasteiger partial charge on any atom is -0.497 e. The van der Waals surface area contributed by atoms with Crippen LogP contribution in [0.5, 0.6) is 5.75 Å². The highest BCUT2D eigenvalue weighted by atomic mass is 16.5. The maximum absolute atomic E-state index is 11.1. The van der Waals surface area contributed by atoms with Gasteiger partial charge in [0.1, 0.15) is 11.3 Å². The molecule has 21 heavy (non-hydrogen) atoms. The van der Waals surface area contributed by atoms with Crippen LogP contribution in [0.4, 0.5) is 5.69 Å². The van der Waals surface area contributed by atoms with E-state index >= 15 is 0 Å². The van der Waals surface area contributed by atoms with Crippen molar-refractivity contribution in [2.45, 2.75) is 0 Å². The minimum atomic E-state index is -0.350. The van der Waals surface area contributed by atoms with Crippen molar-refractivity contribution < 1.29 is 9.15 Å². The second-order valence-corrected chi connectivity index (χ2v) is 4.51. The smallest absolute Gasteiger partial charge is 0.336 e. The van der Waals surface area contributed by atoms with E-state index in [2.05, 4.69) is 4.99 Å². The molecule has 4 heteroatoms. The Balaban J connectivity index is 1.88. The standard InChI is InChI=1S/C17H13NO3/c1-20-15-6-2-12(3-7-15)11-18-14-5-8-16-13(10-14)4-9-17(19)21-16/h2-11H,1H3. The molecule has 0 saturated carbocycles. The third-order valence-corrected chi connectivity index (χ3v) is 3.08. The van der Waals surface area contributed by atoms with Crippen LogP contribution in [0.15, 0.2) is 68.8 Å². The van der Waals surface area contributed by atoms with Crippen molar-refractivity contribution in [2.75, 3.05) is 7.11 Å². The molecular weight excluding hydrogens is 266 g/mol. The Morgan fingerprint density at radius 1 is 1.05 bits per heavy atom. The molecule has 0 N–H and O–H groups in total. The van der Waals surface area contributed by atoms with Gasteiger partial charge in [0.2, 0.25) is 0 Å². The van der Waals surface area contributed by atoms with Gasteiger partial charge in [0, 0.05) is 17.7 Å². The molecule has 0 amide bonds. The first-order valence-corrected chi connectivity index (χ1v) is 6.47. The molecule has 0 aliphatic heterocycles. The van der Waals surface area contributed by atoms with Gasteiger partial charge in [-0.2, -0.15) is 0 Å². The van der Waals surface area contributed by atoms with Gasteiger partial charge in [0.05, 0.1) is 12.8 Å². The maximum Gasteiger partial charge on any atom is 0.336 e. The first-order valence-electron chi connectivity index (χ1n) is 6.47. The second kappa shape index (κ2) is 5.63. The Labute approximate surface area is 121 Å². The zero-order valence-corrected chi connectivity index (χ0v) is 11.4. The Hall–Kier alpha value is -2.88. The van der Waals surface area contributed by atoms with Crippen LogP contribution < -0.4 is 10.4 Å². The SMILES string of the molecule is COc1ccc(C=Nc2ccc3oc(=O)ccc3c2)cc1. The number of ether oxygens (including phenoxy) is 1. The highest BCUT2D eigenvalue weighted by Crippen LogP contribution is 2.20. The van der Waals surface area contributed by atoms with Gasteiger partial charge < -0.3 is 9.15 Å². The van der Waals surface area contributed by atoms with Crippen LogP contribution in [0.3, 0.4) is 0 Å². The average Bonchev–Trinajstić information content (AvgIpc) is 2.53. The lowest BCUT2D eigenvalue weighted by Crippen LogP contribution is -1.93. The summed E-state index contributed by atoms with van der Waals surface area (Å²) in [4.78, 5) is 15.5. The summed E-state index contributed by atoms with van der Waals surface area (Å²) in [6.07, 6.45) is 1.78. The zero-order chi connectivity index (χ0) is 14.7. The lowest BCUT2D eigenvalue weighted by molar-refractivity contribution is 0.415. The summed E-state index contributed by atoms with van der Waals surface area (Å²) in [5.41, 5.74) is 1.99. The van der Waals surface area contributed by atoms with Gasteiger partial charge in [-0.3, -0.25) is 4.99 Å². The van der Waals surface area contributed by atoms with E-state index in [1.54, 1.807) is 25.5 Å². The number of benzene rings is 2. The molecule has 0 atom stereocenters. The van der Waals surface area contributed by atoms with Crippen LogP contribution >= 0.6 is 0 Å². The summed E-state index contributed by atoms with van der Waals surface area (Å²) >= 11 is 0. The zero-order valence-electron chi connectivity index (χ0n) is 11.4. The highest BCUT2D eigenvalue weighted by Gasteiger charge is 1.98. The van der Waals surface area contributed by atoms with Crippen LogP contribution in [0.25, 0.3) is 11.0 Å². The van der Waals surface area contributed by atoms with Gasteiger partial charge in [0.15, 0.2) is 0 Å². The molecule has 0 radical (unpaired) electrons. The molecule has 1 heterocycles. The lowest BCUT2D eigenvalue weighted by atomic mass is 10.2. The number of rotatable bonds is 3. The van der Waals surface area contributed by atoms with Crippen molar-refractivity contribution in [3.05, 3.63) is 70.6 Å². The van der Waals surface area contributed by atoms with Gasteiger partial charge in [0.25, 0.3) is 0 Å². The van der Waals surface area contributed by atoms with Crippen molar-refractivity contribution in [1.82, 2.24) is 0 Å².